The Kier molecular flexibility index (Phi) is 3.47. The maximum atomic E-state index is 5.77. The fraction of sp³-hybridized carbons (Fsp3) is 1.00. The second-order valence-corrected chi connectivity index (χ2v) is 4.49. The molecular formula is C10H18ClNO. The summed E-state index contributed by atoms with van der Waals surface area (Å²) in [6.07, 6.45) is 6.01. The third-order valence-electron chi connectivity index (χ3n) is 2.98. The number of halogens is 1. The number of likely N-dealkylation sites (tertiary alicyclic amines) is 1. The lowest BCUT2D eigenvalue weighted by atomic mass is 10.2. The zero-order valence-electron chi connectivity index (χ0n) is 8.04. The fourth-order valence-corrected chi connectivity index (χ4v) is 2.50. The van der Waals surface area contributed by atoms with Crippen molar-refractivity contribution in [3.8, 4) is 0 Å². The molecule has 3 heteroatoms. The number of alkyl halides is 1. The molecule has 2 rings (SSSR count). The first-order valence-corrected chi connectivity index (χ1v) is 5.85. The summed E-state index contributed by atoms with van der Waals surface area (Å²) in [7, 11) is 0. The third-order valence-corrected chi connectivity index (χ3v) is 3.24. The highest BCUT2D eigenvalue weighted by Crippen LogP contribution is 2.26. The standard InChI is InChI=1S/C10H18ClNO/c11-5-1-2-6-12-7-9-3-4-10(8-12)13-9/h9-10H,1-8H2. The Morgan fingerprint density at radius 3 is 2.46 bits per heavy atom. The largest absolute Gasteiger partial charge is 0.372 e. The molecule has 76 valence electrons. The Morgan fingerprint density at radius 2 is 1.85 bits per heavy atom. The Morgan fingerprint density at radius 1 is 1.15 bits per heavy atom. The van der Waals surface area contributed by atoms with Gasteiger partial charge >= 0.3 is 0 Å². The molecule has 0 spiro atoms. The van der Waals surface area contributed by atoms with Crippen LogP contribution in [0.5, 0.6) is 0 Å². The van der Waals surface area contributed by atoms with Gasteiger partial charge in [-0.05, 0) is 32.2 Å². The number of morpholine rings is 1. The molecule has 13 heavy (non-hydrogen) atoms. The summed E-state index contributed by atoms with van der Waals surface area (Å²) in [5, 5.41) is 0. The lowest BCUT2D eigenvalue weighted by Crippen LogP contribution is -2.42. The van der Waals surface area contributed by atoms with E-state index in [-0.39, 0.29) is 0 Å². The number of rotatable bonds is 4. The average Bonchev–Trinajstić information content (AvgIpc) is 2.46. The number of hydrogen-bond acceptors (Lipinski definition) is 2. The zero-order chi connectivity index (χ0) is 9.10. The van der Waals surface area contributed by atoms with Gasteiger partial charge in [-0.25, -0.2) is 0 Å². The number of fused-ring (bicyclic) bond motifs is 2. The van der Waals surface area contributed by atoms with Gasteiger partial charge in [0.15, 0.2) is 0 Å². The lowest BCUT2D eigenvalue weighted by molar-refractivity contribution is -0.0384. The van der Waals surface area contributed by atoms with Crippen molar-refractivity contribution in [3.05, 3.63) is 0 Å². The molecule has 0 radical (unpaired) electrons. The minimum atomic E-state index is 0.537. The van der Waals surface area contributed by atoms with Gasteiger partial charge in [0.25, 0.3) is 0 Å². The van der Waals surface area contributed by atoms with Crippen molar-refractivity contribution in [2.75, 3.05) is 25.5 Å². The van der Waals surface area contributed by atoms with Crippen LogP contribution in [0.1, 0.15) is 25.7 Å². The van der Waals surface area contributed by atoms with Crippen LogP contribution in [0.3, 0.4) is 0 Å². The molecule has 2 saturated heterocycles. The molecule has 2 nitrogen and oxygen atoms in total. The number of hydrogen-bond donors (Lipinski definition) is 0. The van der Waals surface area contributed by atoms with E-state index in [2.05, 4.69) is 4.90 Å². The van der Waals surface area contributed by atoms with Crippen molar-refractivity contribution in [3.63, 3.8) is 0 Å². The maximum absolute atomic E-state index is 5.77. The van der Waals surface area contributed by atoms with E-state index < -0.39 is 0 Å². The van der Waals surface area contributed by atoms with E-state index in [1.165, 1.54) is 25.8 Å². The predicted molar refractivity (Wildman–Crippen MR) is 54.3 cm³/mol. The molecule has 0 saturated carbocycles. The minimum Gasteiger partial charge on any atom is -0.372 e. The molecule has 2 heterocycles. The van der Waals surface area contributed by atoms with Crippen molar-refractivity contribution >= 4 is 11.6 Å². The second-order valence-electron chi connectivity index (χ2n) is 4.11. The van der Waals surface area contributed by atoms with Crippen LogP contribution in [-0.4, -0.2) is 42.6 Å². The number of unbranched alkanes of at least 4 members (excludes halogenated alkanes) is 1. The SMILES string of the molecule is ClCCCCN1CC2CCC(C1)O2. The van der Waals surface area contributed by atoms with E-state index >= 15 is 0 Å². The van der Waals surface area contributed by atoms with Crippen molar-refractivity contribution in [1.29, 1.82) is 0 Å². The molecular weight excluding hydrogens is 186 g/mol. The quantitative estimate of drug-likeness (QED) is 0.511. The summed E-state index contributed by atoms with van der Waals surface area (Å²) in [5.41, 5.74) is 0. The molecule has 0 aromatic heterocycles. The van der Waals surface area contributed by atoms with Crippen LogP contribution in [0.15, 0.2) is 0 Å². The molecule has 2 unspecified atom stereocenters. The van der Waals surface area contributed by atoms with Gasteiger partial charge in [0, 0.05) is 19.0 Å². The molecule has 0 amide bonds. The lowest BCUT2D eigenvalue weighted by Gasteiger charge is -2.31. The Bertz CT molecular complexity index is 153. The highest BCUT2D eigenvalue weighted by molar-refractivity contribution is 6.17. The van der Waals surface area contributed by atoms with Gasteiger partial charge in [0.2, 0.25) is 0 Å². The van der Waals surface area contributed by atoms with Gasteiger partial charge in [-0.3, -0.25) is 4.90 Å². The Hall–Kier alpha value is 0.210. The smallest absolute Gasteiger partial charge is 0.0707 e. The topological polar surface area (TPSA) is 12.5 Å². The van der Waals surface area contributed by atoms with E-state index in [1.54, 1.807) is 0 Å². The number of ether oxygens (including phenoxy) is 1. The van der Waals surface area contributed by atoms with Crippen LogP contribution in [0.2, 0.25) is 0 Å². The van der Waals surface area contributed by atoms with Crippen LogP contribution in [0.4, 0.5) is 0 Å². The highest BCUT2D eigenvalue weighted by Gasteiger charge is 2.32. The van der Waals surface area contributed by atoms with E-state index in [1.807, 2.05) is 0 Å². The first-order valence-electron chi connectivity index (χ1n) is 5.32. The van der Waals surface area contributed by atoms with Gasteiger partial charge in [0.05, 0.1) is 12.2 Å². The van der Waals surface area contributed by atoms with Gasteiger partial charge in [-0.15, -0.1) is 11.6 Å². The Labute approximate surface area is 85.2 Å². The molecule has 0 aliphatic carbocycles. The van der Waals surface area contributed by atoms with Crippen LogP contribution < -0.4 is 0 Å². The molecule has 2 aliphatic rings. The second kappa shape index (κ2) is 4.63. The van der Waals surface area contributed by atoms with Crippen molar-refractivity contribution in [1.82, 2.24) is 4.90 Å². The third kappa shape index (κ3) is 2.58. The monoisotopic (exact) mass is 203 g/mol. The summed E-state index contributed by atoms with van der Waals surface area (Å²) >= 11 is 5.65. The van der Waals surface area contributed by atoms with E-state index in [9.17, 15) is 0 Å². The van der Waals surface area contributed by atoms with Crippen LogP contribution in [-0.2, 0) is 4.74 Å². The van der Waals surface area contributed by atoms with Gasteiger partial charge in [-0.2, -0.15) is 0 Å². The van der Waals surface area contributed by atoms with E-state index in [0.29, 0.717) is 12.2 Å². The summed E-state index contributed by atoms with van der Waals surface area (Å²) in [5.74, 6) is 0.803. The fourth-order valence-electron chi connectivity index (χ4n) is 2.31. The molecule has 0 aromatic rings. The molecule has 0 N–H and O–H groups in total. The van der Waals surface area contributed by atoms with E-state index in [0.717, 1.165) is 25.4 Å². The van der Waals surface area contributed by atoms with Crippen LogP contribution in [0.25, 0.3) is 0 Å². The normalized spacial score (nSPS) is 33.9. The van der Waals surface area contributed by atoms with Crippen molar-refractivity contribution in [2.24, 2.45) is 0 Å². The Balaban J connectivity index is 1.69. The molecule has 2 aliphatic heterocycles. The van der Waals surface area contributed by atoms with Gasteiger partial charge in [-0.1, -0.05) is 0 Å². The minimum absolute atomic E-state index is 0.537. The zero-order valence-corrected chi connectivity index (χ0v) is 8.80. The highest BCUT2D eigenvalue weighted by atomic mass is 35.5. The molecule has 0 aromatic carbocycles. The van der Waals surface area contributed by atoms with Gasteiger partial charge < -0.3 is 4.74 Å². The summed E-state index contributed by atoms with van der Waals surface area (Å²) in [6, 6.07) is 0. The number of nitrogens with zero attached hydrogens (tertiary/aromatic N) is 1. The van der Waals surface area contributed by atoms with Gasteiger partial charge in [0.1, 0.15) is 0 Å². The molecule has 2 bridgehead atoms. The van der Waals surface area contributed by atoms with E-state index in [4.69, 9.17) is 16.3 Å². The first-order chi connectivity index (χ1) is 6.38. The molecule has 2 atom stereocenters. The predicted octanol–water partition coefficient (Wildman–Crippen LogP) is 1.87. The van der Waals surface area contributed by atoms with Crippen molar-refractivity contribution < 1.29 is 4.74 Å². The summed E-state index contributed by atoms with van der Waals surface area (Å²) < 4.78 is 5.77. The van der Waals surface area contributed by atoms with Crippen molar-refractivity contribution in [2.45, 2.75) is 37.9 Å². The van der Waals surface area contributed by atoms with Crippen LogP contribution >= 0.6 is 11.6 Å². The summed E-state index contributed by atoms with van der Waals surface area (Å²) in [6.45, 7) is 3.51. The maximum Gasteiger partial charge on any atom is 0.0707 e. The average molecular weight is 204 g/mol. The van der Waals surface area contributed by atoms with Crippen LogP contribution in [0, 0.1) is 0 Å². The molecule has 2 fully saturated rings. The first kappa shape index (κ1) is 9.75. The summed E-state index contributed by atoms with van der Waals surface area (Å²) in [4.78, 5) is 2.54.